The van der Waals surface area contributed by atoms with Crippen LogP contribution in [-0.2, 0) is 4.79 Å². The Morgan fingerprint density at radius 2 is 1.25 bits per heavy atom. The summed E-state index contributed by atoms with van der Waals surface area (Å²) in [4.78, 5) is 42.4. The van der Waals surface area contributed by atoms with E-state index in [9.17, 15) is 14.4 Å². The highest BCUT2D eigenvalue weighted by molar-refractivity contribution is 6.24. The van der Waals surface area contributed by atoms with E-state index in [1.165, 1.54) is 0 Å². The summed E-state index contributed by atoms with van der Waals surface area (Å²) in [6.45, 7) is 0. The fourth-order valence-corrected chi connectivity index (χ4v) is 4.39. The number of benzene rings is 3. The maximum atomic E-state index is 13.4. The number of methoxy groups -OCH3 is 2. The van der Waals surface area contributed by atoms with Gasteiger partial charge < -0.3 is 14.4 Å². The van der Waals surface area contributed by atoms with Gasteiger partial charge in [0.15, 0.2) is 0 Å². The van der Waals surface area contributed by atoms with Crippen molar-refractivity contribution in [2.24, 2.45) is 0 Å². The molecule has 0 saturated carbocycles. The smallest absolute Gasteiger partial charge is 0.262 e. The summed E-state index contributed by atoms with van der Waals surface area (Å²) in [5.74, 6) is -0.0257. The molecule has 7 heteroatoms. The minimum absolute atomic E-state index is 0.314. The number of nitrogens with zero attached hydrogens (tertiary/aromatic N) is 2. The van der Waals surface area contributed by atoms with Crippen LogP contribution in [0.2, 0.25) is 0 Å². The molecule has 5 rings (SSSR count). The fraction of sp³-hybridized carbons (Fsp3) is 0.160. The number of hydrogen-bond acceptors (Lipinski definition) is 5. The molecule has 2 atom stereocenters. The van der Waals surface area contributed by atoms with Gasteiger partial charge in [-0.15, -0.1) is 0 Å². The van der Waals surface area contributed by atoms with E-state index < -0.39 is 23.9 Å². The zero-order valence-electron chi connectivity index (χ0n) is 17.5. The summed E-state index contributed by atoms with van der Waals surface area (Å²) in [6, 6.07) is 19.5. The first kappa shape index (κ1) is 19.8. The van der Waals surface area contributed by atoms with Gasteiger partial charge in [-0.1, -0.05) is 30.3 Å². The summed E-state index contributed by atoms with van der Waals surface area (Å²) in [6.07, 6.45) is 0. The van der Waals surface area contributed by atoms with Gasteiger partial charge in [-0.25, -0.2) is 0 Å². The molecule has 32 heavy (non-hydrogen) atoms. The molecule has 0 bridgehead atoms. The number of carbonyl (C=O) groups excluding carboxylic acids is 3. The van der Waals surface area contributed by atoms with Gasteiger partial charge in [0, 0.05) is 11.8 Å². The third-order valence-corrected chi connectivity index (χ3v) is 5.94. The van der Waals surface area contributed by atoms with Crippen molar-refractivity contribution in [2.75, 3.05) is 19.1 Å². The van der Waals surface area contributed by atoms with Gasteiger partial charge >= 0.3 is 0 Å². The third kappa shape index (κ3) is 2.85. The molecule has 3 aromatic rings. The van der Waals surface area contributed by atoms with Gasteiger partial charge in [0.05, 0.1) is 31.4 Å². The van der Waals surface area contributed by atoms with Gasteiger partial charge in [0.25, 0.3) is 17.7 Å². The predicted octanol–water partition coefficient (Wildman–Crippen LogP) is 3.46. The molecule has 3 amide bonds. The molecule has 2 heterocycles. The summed E-state index contributed by atoms with van der Waals surface area (Å²) in [5.41, 5.74) is 2.01. The number of imide groups is 1. The van der Waals surface area contributed by atoms with Crippen LogP contribution in [0.1, 0.15) is 32.3 Å². The fourth-order valence-electron chi connectivity index (χ4n) is 4.39. The minimum Gasteiger partial charge on any atom is -0.497 e. The second kappa shape index (κ2) is 7.53. The molecule has 2 unspecified atom stereocenters. The van der Waals surface area contributed by atoms with Crippen LogP contribution in [0.25, 0.3) is 0 Å². The Labute approximate surface area is 184 Å². The molecular weight excluding hydrogens is 408 g/mol. The topological polar surface area (TPSA) is 76.2 Å². The summed E-state index contributed by atoms with van der Waals surface area (Å²) >= 11 is 0. The molecule has 0 radical (unpaired) electrons. The number of fused-ring (bicyclic) bond motifs is 1. The highest BCUT2D eigenvalue weighted by Crippen LogP contribution is 2.45. The molecule has 0 aliphatic carbocycles. The van der Waals surface area contributed by atoms with Crippen molar-refractivity contribution in [1.29, 1.82) is 0 Å². The number of ether oxygens (including phenoxy) is 2. The summed E-state index contributed by atoms with van der Waals surface area (Å²) in [7, 11) is 3.12. The van der Waals surface area contributed by atoms with Crippen LogP contribution in [0.15, 0.2) is 72.8 Å². The van der Waals surface area contributed by atoms with E-state index in [0.717, 1.165) is 10.5 Å². The van der Waals surface area contributed by atoms with Gasteiger partial charge in [-0.3, -0.25) is 19.3 Å². The molecule has 1 saturated heterocycles. The first-order valence-corrected chi connectivity index (χ1v) is 10.1. The van der Waals surface area contributed by atoms with Crippen molar-refractivity contribution < 1.29 is 23.9 Å². The van der Waals surface area contributed by atoms with E-state index in [1.807, 2.05) is 18.2 Å². The average molecular weight is 428 g/mol. The number of amides is 3. The van der Waals surface area contributed by atoms with E-state index in [4.69, 9.17) is 9.47 Å². The Balaban J connectivity index is 1.60. The molecule has 7 nitrogen and oxygen atoms in total. The highest BCUT2D eigenvalue weighted by atomic mass is 16.5. The van der Waals surface area contributed by atoms with Crippen LogP contribution in [0.5, 0.6) is 11.5 Å². The lowest BCUT2D eigenvalue weighted by Gasteiger charge is -2.49. The molecular formula is C25H20N2O5. The Morgan fingerprint density at radius 3 is 1.88 bits per heavy atom. The first-order chi connectivity index (χ1) is 15.5. The van der Waals surface area contributed by atoms with Gasteiger partial charge in [0.2, 0.25) is 0 Å². The van der Waals surface area contributed by atoms with Gasteiger partial charge in [-0.2, -0.15) is 0 Å². The molecule has 0 aromatic heterocycles. The molecule has 2 aliphatic heterocycles. The zero-order valence-corrected chi connectivity index (χ0v) is 17.5. The lowest BCUT2D eigenvalue weighted by molar-refractivity contribution is -0.130. The number of β-lactam (4-membered cyclic amide) rings is 1. The molecule has 1 fully saturated rings. The standard InChI is InChI=1S/C25H20N2O5/c1-31-17-9-5-7-15(13-17)21-22(25(30)26(21)16-8-6-10-18(14-16)32-2)27-23(28)19-11-3-4-12-20(19)24(27)29/h3-14,21-22H,1-2H3. The molecule has 0 spiro atoms. The van der Waals surface area contributed by atoms with Crippen molar-refractivity contribution in [3.8, 4) is 11.5 Å². The number of hydrogen-bond donors (Lipinski definition) is 0. The number of anilines is 1. The minimum atomic E-state index is -0.958. The molecule has 160 valence electrons. The maximum absolute atomic E-state index is 13.4. The lowest BCUT2D eigenvalue weighted by atomic mass is 9.86. The average Bonchev–Trinajstić information content (AvgIpc) is 3.08. The second-order valence-electron chi connectivity index (χ2n) is 7.60. The van der Waals surface area contributed by atoms with E-state index in [0.29, 0.717) is 28.3 Å². The van der Waals surface area contributed by atoms with Crippen molar-refractivity contribution in [3.63, 3.8) is 0 Å². The lowest BCUT2D eigenvalue weighted by Crippen LogP contribution is -2.67. The van der Waals surface area contributed by atoms with Crippen molar-refractivity contribution >= 4 is 23.4 Å². The summed E-state index contributed by atoms with van der Waals surface area (Å²) in [5, 5.41) is 0. The van der Waals surface area contributed by atoms with Crippen molar-refractivity contribution in [2.45, 2.75) is 12.1 Å². The van der Waals surface area contributed by atoms with Crippen LogP contribution in [0.4, 0.5) is 5.69 Å². The molecule has 0 N–H and O–H groups in total. The first-order valence-electron chi connectivity index (χ1n) is 10.1. The van der Waals surface area contributed by atoms with Gasteiger partial charge in [-0.05, 0) is 42.0 Å². The van der Waals surface area contributed by atoms with Crippen LogP contribution in [0.3, 0.4) is 0 Å². The zero-order chi connectivity index (χ0) is 22.4. The van der Waals surface area contributed by atoms with Crippen LogP contribution in [0, 0.1) is 0 Å². The largest absolute Gasteiger partial charge is 0.497 e. The quantitative estimate of drug-likeness (QED) is 0.460. The Morgan fingerprint density at radius 1 is 0.656 bits per heavy atom. The highest BCUT2D eigenvalue weighted by Gasteiger charge is 2.57. The predicted molar refractivity (Wildman–Crippen MR) is 117 cm³/mol. The van der Waals surface area contributed by atoms with Gasteiger partial charge in [0.1, 0.15) is 17.5 Å². The number of carbonyl (C=O) groups is 3. The monoisotopic (exact) mass is 428 g/mol. The number of rotatable bonds is 5. The van der Waals surface area contributed by atoms with E-state index in [2.05, 4.69) is 0 Å². The van der Waals surface area contributed by atoms with E-state index in [-0.39, 0.29) is 5.91 Å². The second-order valence-corrected chi connectivity index (χ2v) is 7.60. The Kier molecular flexibility index (Phi) is 4.66. The Hall–Kier alpha value is -4.13. The maximum Gasteiger partial charge on any atom is 0.262 e. The summed E-state index contributed by atoms with van der Waals surface area (Å²) < 4.78 is 10.7. The van der Waals surface area contributed by atoms with E-state index >= 15 is 0 Å². The van der Waals surface area contributed by atoms with Crippen molar-refractivity contribution in [3.05, 3.63) is 89.5 Å². The normalized spacial score (nSPS) is 19.6. The third-order valence-electron chi connectivity index (χ3n) is 5.94. The Bertz CT molecular complexity index is 1220. The van der Waals surface area contributed by atoms with Crippen LogP contribution >= 0.6 is 0 Å². The van der Waals surface area contributed by atoms with Crippen LogP contribution < -0.4 is 14.4 Å². The van der Waals surface area contributed by atoms with Crippen LogP contribution in [-0.4, -0.2) is 42.9 Å². The van der Waals surface area contributed by atoms with E-state index in [1.54, 1.807) is 73.7 Å². The molecule has 3 aromatic carbocycles. The SMILES string of the molecule is COc1cccc(C2C(N3C(=O)c4ccccc4C3=O)C(=O)N2c2cccc(OC)c2)c1. The molecule has 2 aliphatic rings. The van der Waals surface area contributed by atoms with Crippen molar-refractivity contribution in [1.82, 2.24) is 4.90 Å².